The van der Waals surface area contributed by atoms with Crippen molar-refractivity contribution in [1.29, 1.82) is 0 Å². The maximum absolute atomic E-state index is 12.7. The number of furan rings is 1. The fourth-order valence-electron chi connectivity index (χ4n) is 3.80. The number of pyridine rings is 1. The van der Waals surface area contributed by atoms with E-state index in [4.69, 9.17) is 13.9 Å². The molecule has 2 aliphatic rings. The standard InChI is InChI=1S/C19H22N2O4/c22-19(15-4-7-23-12-15)21-6-8-25-18-10-14(9-17(18)21)11-24-13-16-3-1-2-5-20-16/h1-5,7,12,14,17-18H,6,8-11,13H2/t14-,17-,18+/m0/s1. The molecule has 1 aliphatic carbocycles. The van der Waals surface area contributed by atoms with Crippen LogP contribution in [0.25, 0.3) is 0 Å². The third-order valence-corrected chi connectivity index (χ3v) is 4.99. The Labute approximate surface area is 146 Å². The first-order valence-electron chi connectivity index (χ1n) is 8.73. The van der Waals surface area contributed by atoms with Crippen LogP contribution >= 0.6 is 0 Å². The fraction of sp³-hybridized carbons (Fsp3) is 0.474. The second-order valence-corrected chi connectivity index (χ2v) is 6.66. The smallest absolute Gasteiger partial charge is 0.257 e. The maximum atomic E-state index is 12.7. The second kappa shape index (κ2) is 7.37. The van der Waals surface area contributed by atoms with Gasteiger partial charge in [-0.1, -0.05) is 6.07 Å². The summed E-state index contributed by atoms with van der Waals surface area (Å²) in [5.41, 5.74) is 1.54. The minimum atomic E-state index is 0.0297. The lowest BCUT2D eigenvalue weighted by molar-refractivity contribution is -0.0450. The van der Waals surface area contributed by atoms with Crippen molar-refractivity contribution in [2.24, 2.45) is 5.92 Å². The first-order valence-corrected chi connectivity index (χ1v) is 8.73. The van der Waals surface area contributed by atoms with Gasteiger partial charge in [0, 0.05) is 12.7 Å². The van der Waals surface area contributed by atoms with Gasteiger partial charge in [-0.2, -0.15) is 0 Å². The lowest BCUT2D eigenvalue weighted by Gasteiger charge is -2.37. The van der Waals surface area contributed by atoms with Crippen LogP contribution in [-0.4, -0.2) is 47.7 Å². The van der Waals surface area contributed by atoms with E-state index >= 15 is 0 Å². The second-order valence-electron chi connectivity index (χ2n) is 6.66. The van der Waals surface area contributed by atoms with Crippen molar-refractivity contribution in [2.75, 3.05) is 19.8 Å². The molecule has 0 bridgehead atoms. The van der Waals surface area contributed by atoms with Gasteiger partial charge < -0.3 is 18.8 Å². The minimum absolute atomic E-state index is 0.0297. The van der Waals surface area contributed by atoms with Crippen molar-refractivity contribution in [3.05, 3.63) is 54.2 Å². The van der Waals surface area contributed by atoms with Gasteiger partial charge in [-0.05, 0) is 37.0 Å². The molecule has 2 aromatic rings. The van der Waals surface area contributed by atoms with Crippen LogP contribution in [0.5, 0.6) is 0 Å². The Kier molecular flexibility index (Phi) is 4.81. The molecule has 1 saturated carbocycles. The summed E-state index contributed by atoms with van der Waals surface area (Å²) in [6.45, 7) is 2.41. The molecule has 2 fully saturated rings. The van der Waals surface area contributed by atoms with Crippen LogP contribution in [-0.2, 0) is 16.1 Å². The van der Waals surface area contributed by atoms with E-state index < -0.39 is 0 Å². The van der Waals surface area contributed by atoms with Gasteiger partial charge in [0.1, 0.15) is 6.26 Å². The minimum Gasteiger partial charge on any atom is -0.472 e. The molecule has 25 heavy (non-hydrogen) atoms. The number of nitrogens with zero attached hydrogens (tertiary/aromatic N) is 2. The Hall–Kier alpha value is -2.18. The highest BCUT2D eigenvalue weighted by Crippen LogP contribution is 2.35. The van der Waals surface area contributed by atoms with Crippen LogP contribution in [0.15, 0.2) is 47.4 Å². The number of amides is 1. The highest BCUT2D eigenvalue weighted by molar-refractivity contribution is 5.94. The zero-order valence-corrected chi connectivity index (χ0v) is 14.0. The Bertz CT molecular complexity index is 689. The van der Waals surface area contributed by atoms with Crippen molar-refractivity contribution in [2.45, 2.75) is 31.6 Å². The Balaban J connectivity index is 1.33. The normalized spacial score (nSPS) is 25.8. The predicted octanol–water partition coefficient (Wildman–Crippen LogP) is 2.51. The van der Waals surface area contributed by atoms with Gasteiger partial charge in [-0.15, -0.1) is 0 Å². The molecule has 132 valence electrons. The summed E-state index contributed by atoms with van der Waals surface area (Å²) < 4.78 is 16.8. The fourth-order valence-corrected chi connectivity index (χ4v) is 3.80. The summed E-state index contributed by atoms with van der Waals surface area (Å²) in [7, 11) is 0. The maximum Gasteiger partial charge on any atom is 0.257 e. The number of aromatic nitrogens is 1. The van der Waals surface area contributed by atoms with Crippen molar-refractivity contribution >= 4 is 5.91 Å². The molecule has 2 aromatic heterocycles. The number of carbonyl (C=O) groups excluding carboxylic acids is 1. The van der Waals surface area contributed by atoms with Crippen LogP contribution in [0.1, 0.15) is 28.9 Å². The van der Waals surface area contributed by atoms with Crippen molar-refractivity contribution < 1.29 is 18.7 Å². The van der Waals surface area contributed by atoms with Gasteiger partial charge in [0.2, 0.25) is 0 Å². The number of carbonyl (C=O) groups is 1. The molecule has 0 N–H and O–H groups in total. The van der Waals surface area contributed by atoms with Crippen LogP contribution in [0.3, 0.4) is 0 Å². The van der Waals surface area contributed by atoms with Gasteiger partial charge in [-0.3, -0.25) is 9.78 Å². The summed E-state index contributed by atoms with van der Waals surface area (Å²) in [5.74, 6) is 0.429. The third kappa shape index (κ3) is 3.60. The summed E-state index contributed by atoms with van der Waals surface area (Å²) in [5, 5.41) is 0. The average Bonchev–Trinajstić information content (AvgIpc) is 3.31. The predicted molar refractivity (Wildman–Crippen MR) is 89.9 cm³/mol. The van der Waals surface area contributed by atoms with Gasteiger partial charge in [0.05, 0.1) is 49.5 Å². The topological polar surface area (TPSA) is 64.8 Å². The highest BCUT2D eigenvalue weighted by atomic mass is 16.5. The van der Waals surface area contributed by atoms with E-state index in [-0.39, 0.29) is 18.1 Å². The highest BCUT2D eigenvalue weighted by Gasteiger charge is 2.43. The van der Waals surface area contributed by atoms with Gasteiger partial charge in [-0.25, -0.2) is 0 Å². The van der Waals surface area contributed by atoms with E-state index in [1.165, 1.54) is 12.5 Å². The third-order valence-electron chi connectivity index (χ3n) is 4.99. The Morgan fingerprint density at radius 3 is 3.08 bits per heavy atom. The number of hydrogen-bond donors (Lipinski definition) is 0. The van der Waals surface area contributed by atoms with Crippen LogP contribution in [0, 0.1) is 5.92 Å². The Morgan fingerprint density at radius 1 is 1.32 bits per heavy atom. The Morgan fingerprint density at radius 2 is 2.28 bits per heavy atom. The lowest BCUT2D eigenvalue weighted by atomic mass is 10.1. The molecule has 0 radical (unpaired) electrons. The largest absolute Gasteiger partial charge is 0.472 e. The molecule has 0 aromatic carbocycles. The SMILES string of the molecule is O=C(c1ccoc1)N1CCO[C@@H]2C[C@@H](COCc3ccccn3)C[C@@H]21. The van der Waals surface area contributed by atoms with E-state index in [1.54, 1.807) is 12.3 Å². The number of ether oxygens (including phenoxy) is 2. The van der Waals surface area contributed by atoms with E-state index in [0.29, 0.717) is 37.8 Å². The van der Waals surface area contributed by atoms with Gasteiger partial charge >= 0.3 is 0 Å². The average molecular weight is 342 g/mol. The number of rotatable bonds is 5. The molecule has 6 nitrogen and oxygen atoms in total. The molecule has 3 atom stereocenters. The zero-order valence-electron chi connectivity index (χ0n) is 14.0. The molecule has 1 aliphatic heterocycles. The molecular weight excluding hydrogens is 320 g/mol. The summed E-state index contributed by atoms with van der Waals surface area (Å²) >= 11 is 0. The molecule has 0 spiro atoms. The van der Waals surface area contributed by atoms with Crippen molar-refractivity contribution in [3.63, 3.8) is 0 Å². The first kappa shape index (κ1) is 16.3. The molecule has 4 rings (SSSR count). The molecule has 0 unspecified atom stereocenters. The quantitative estimate of drug-likeness (QED) is 0.835. The van der Waals surface area contributed by atoms with Crippen molar-refractivity contribution in [3.8, 4) is 0 Å². The lowest BCUT2D eigenvalue weighted by Crippen LogP contribution is -2.51. The van der Waals surface area contributed by atoms with E-state index in [2.05, 4.69) is 4.98 Å². The van der Waals surface area contributed by atoms with Crippen LogP contribution in [0.4, 0.5) is 0 Å². The van der Waals surface area contributed by atoms with E-state index in [9.17, 15) is 4.79 Å². The summed E-state index contributed by atoms with van der Waals surface area (Å²) in [6, 6.07) is 7.66. The molecule has 1 amide bonds. The summed E-state index contributed by atoms with van der Waals surface area (Å²) in [4.78, 5) is 18.9. The van der Waals surface area contributed by atoms with Gasteiger partial charge in [0.15, 0.2) is 0 Å². The molecular formula is C19H22N2O4. The van der Waals surface area contributed by atoms with Crippen LogP contribution < -0.4 is 0 Å². The summed E-state index contributed by atoms with van der Waals surface area (Å²) in [6.07, 6.45) is 6.77. The van der Waals surface area contributed by atoms with Crippen molar-refractivity contribution in [1.82, 2.24) is 9.88 Å². The monoisotopic (exact) mass is 342 g/mol. The van der Waals surface area contributed by atoms with E-state index in [1.807, 2.05) is 23.1 Å². The number of fused-ring (bicyclic) bond motifs is 1. The van der Waals surface area contributed by atoms with E-state index in [0.717, 1.165) is 18.5 Å². The number of morpholine rings is 1. The number of hydrogen-bond acceptors (Lipinski definition) is 5. The first-order chi connectivity index (χ1) is 12.3. The van der Waals surface area contributed by atoms with Crippen LogP contribution in [0.2, 0.25) is 0 Å². The molecule has 1 saturated heterocycles. The van der Waals surface area contributed by atoms with Gasteiger partial charge in [0.25, 0.3) is 5.91 Å². The molecule has 6 heteroatoms. The zero-order chi connectivity index (χ0) is 17.1. The molecule has 3 heterocycles.